The number of hydrogen-bond donors (Lipinski definition) is 2. The number of halogens is 1. The van der Waals surface area contributed by atoms with Crippen molar-refractivity contribution in [3.63, 3.8) is 0 Å². The third-order valence-electron chi connectivity index (χ3n) is 2.89. The molecule has 2 rings (SSSR count). The fourth-order valence-corrected chi connectivity index (χ4v) is 3.28. The number of benzene rings is 1. The smallest absolute Gasteiger partial charge is 0.253 e. The Morgan fingerprint density at radius 2 is 1.89 bits per heavy atom. The lowest BCUT2D eigenvalue weighted by atomic mass is 10.2. The summed E-state index contributed by atoms with van der Waals surface area (Å²) in [6.45, 7) is 1.48. The van der Waals surface area contributed by atoms with Gasteiger partial charge in [0.25, 0.3) is 10.0 Å². The van der Waals surface area contributed by atoms with Crippen molar-refractivity contribution in [2.75, 3.05) is 18.8 Å². The number of anilines is 1. The first-order valence-electron chi connectivity index (χ1n) is 5.81. The van der Waals surface area contributed by atoms with Crippen molar-refractivity contribution < 1.29 is 8.42 Å². The highest BCUT2D eigenvalue weighted by atomic mass is 35.5. The number of hydrogen-bond acceptors (Lipinski definition) is 4. The Morgan fingerprint density at radius 1 is 1.22 bits per heavy atom. The number of rotatable bonds is 3. The molecule has 1 heterocycles. The zero-order chi connectivity index (χ0) is 13.2. The number of nitrogens with zero attached hydrogens (tertiary/aromatic N) is 1. The fourth-order valence-electron chi connectivity index (χ4n) is 1.88. The van der Waals surface area contributed by atoms with Gasteiger partial charge in [-0.05, 0) is 31.0 Å². The molecule has 7 heteroatoms. The Balaban J connectivity index is 2.16. The van der Waals surface area contributed by atoms with E-state index in [2.05, 4.69) is 4.83 Å². The first-order valence-corrected chi connectivity index (χ1v) is 7.67. The summed E-state index contributed by atoms with van der Waals surface area (Å²) in [5.41, 5.74) is 5.93. The second-order valence-corrected chi connectivity index (χ2v) is 6.39. The summed E-state index contributed by atoms with van der Waals surface area (Å²) in [4.78, 5) is 2.70. The average molecular weight is 290 g/mol. The third kappa shape index (κ3) is 3.14. The lowest BCUT2D eigenvalue weighted by Crippen LogP contribution is -2.44. The van der Waals surface area contributed by atoms with Crippen molar-refractivity contribution in [2.45, 2.75) is 24.2 Å². The molecular formula is C11H16ClN3O2S. The van der Waals surface area contributed by atoms with E-state index >= 15 is 0 Å². The zero-order valence-electron chi connectivity index (χ0n) is 9.89. The highest BCUT2D eigenvalue weighted by Crippen LogP contribution is 2.22. The topological polar surface area (TPSA) is 75.4 Å². The van der Waals surface area contributed by atoms with Crippen molar-refractivity contribution >= 4 is 27.3 Å². The molecule has 0 aliphatic carbocycles. The van der Waals surface area contributed by atoms with E-state index in [0.717, 1.165) is 32.4 Å². The molecular weight excluding hydrogens is 274 g/mol. The van der Waals surface area contributed by atoms with Gasteiger partial charge in [-0.25, -0.2) is 13.4 Å². The van der Waals surface area contributed by atoms with E-state index in [9.17, 15) is 8.42 Å². The van der Waals surface area contributed by atoms with Gasteiger partial charge in [0.05, 0.1) is 15.6 Å². The molecule has 100 valence electrons. The Morgan fingerprint density at radius 3 is 2.50 bits per heavy atom. The molecule has 3 N–H and O–H groups in total. The van der Waals surface area contributed by atoms with Gasteiger partial charge in [0.1, 0.15) is 0 Å². The standard InChI is InChI=1S/C11H16ClN3O2S/c12-10-8-9(4-5-11(10)13)18(16,17)14-15-6-2-1-3-7-15/h4-5,8,14H,1-3,6-7,13H2. The highest BCUT2D eigenvalue weighted by molar-refractivity contribution is 7.89. The molecule has 0 spiro atoms. The molecule has 0 amide bonds. The molecule has 1 saturated heterocycles. The van der Waals surface area contributed by atoms with E-state index in [1.54, 1.807) is 5.01 Å². The molecule has 0 radical (unpaired) electrons. The fraction of sp³-hybridized carbons (Fsp3) is 0.455. The van der Waals surface area contributed by atoms with Crippen molar-refractivity contribution in [1.82, 2.24) is 9.84 Å². The van der Waals surface area contributed by atoms with E-state index in [-0.39, 0.29) is 9.92 Å². The monoisotopic (exact) mass is 289 g/mol. The molecule has 1 aromatic carbocycles. The minimum atomic E-state index is -3.56. The number of nitrogens with one attached hydrogen (secondary N) is 1. The van der Waals surface area contributed by atoms with E-state index < -0.39 is 10.0 Å². The van der Waals surface area contributed by atoms with Crippen molar-refractivity contribution in [3.05, 3.63) is 23.2 Å². The van der Waals surface area contributed by atoms with Gasteiger partial charge in [0, 0.05) is 13.1 Å². The maximum absolute atomic E-state index is 12.1. The van der Waals surface area contributed by atoms with E-state index in [0.29, 0.717) is 5.69 Å². The molecule has 0 unspecified atom stereocenters. The summed E-state index contributed by atoms with van der Waals surface area (Å²) in [6, 6.07) is 4.31. The van der Waals surface area contributed by atoms with Gasteiger partial charge >= 0.3 is 0 Å². The Kier molecular flexibility index (Phi) is 4.11. The average Bonchev–Trinajstić information content (AvgIpc) is 2.33. The van der Waals surface area contributed by atoms with Crippen LogP contribution in [0.5, 0.6) is 0 Å². The van der Waals surface area contributed by atoms with Gasteiger partial charge in [0.2, 0.25) is 0 Å². The highest BCUT2D eigenvalue weighted by Gasteiger charge is 2.20. The maximum atomic E-state index is 12.1. The molecule has 1 aliphatic rings. The first kappa shape index (κ1) is 13.6. The Hall–Kier alpha value is -0.820. The summed E-state index contributed by atoms with van der Waals surface area (Å²) in [7, 11) is -3.56. The van der Waals surface area contributed by atoms with Crippen LogP contribution in [0.25, 0.3) is 0 Å². The summed E-state index contributed by atoms with van der Waals surface area (Å²) >= 11 is 5.83. The van der Waals surface area contributed by atoms with Crippen LogP contribution in [0.1, 0.15) is 19.3 Å². The van der Waals surface area contributed by atoms with Gasteiger partial charge < -0.3 is 5.73 Å². The number of nitrogen functional groups attached to an aromatic ring is 1. The van der Waals surface area contributed by atoms with Crippen LogP contribution < -0.4 is 10.6 Å². The van der Waals surface area contributed by atoms with Gasteiger partial charge in [-0.3, -0.25) is 0 Å². The van der Waals surface area contributed by atoms with Crippen molar-refractivity contribution in [2.24, 2.45) is 0 Å². The SMILES string of the molecule is Nc1ccc(S(=O)(=O)NN2CCCCC2)cc1Cl. The molecule has 18 heavy (non-hydrogen) atoms. The van der Waals surface area contributed by atoms with Crippen molar-refractivity contribution in [1.29, 1.82) is 0 Å². The van der Waals surface area contributed by atoms with Crippen LogP contribution in [0.4, 0.5) is 5.69 Å². The van der Waals surface area contributed by atoms with Gasteiger partial charge in [-0.15, -0.1) is 4.83 Å². The van der Waals surface area contributed by atoms with Gasteiger partial charge in [-0.2, -0.15) is 0 Å². The predicted molar refractivity (Wildman–Crippen MR) is 71.6 cm³/mol. The predicted octanol–water partition coefficient (Wildman–Crippen LogP) is 1.60. The van der Waals surface area contributed by atoms with Crippen molar-refractivity contribution in [3.8, 4) is 0 Å². The summed E-state index contributed by atoms with van der Waals surface area (Å²) in [5, 5.41) is 1.97. The lowest BCUT2D eigenvalue weighted by molar-refractivity contribution is 0.200. The van der Waals surface area contributed by atoms with E-state index in [1.165, 1.54) is 18.2 Å². The Bertz CT molecular complexity index is 527. The number of sulfonamides is 1. The zero-order valence-corrected chi connectivity index (χ0v) is 11.5. The van der Waals surface area contributed by atoms with Crippen LogP contribution in [0.2, 0.25) is 5.02 Å². The molecule has 1 aromatic rings. The van der Waals surface area contributed by atoms with Crippen LogP contribution in [-0.2, 0) is 10.0 Å². The van der Waals surface area contributed by atoms with E-state index in [4.69, 9.17) is 17.3 Å². The van der Waals surface area contributed by atoms with Gasteiger partial charge in [0.15, 0.2) is 0 Å². The molecule has 0 bridgehead atoms. The normalized spacial score (nSPS) is 17.8. The summed E-state index contributed by atoms with van der Waals surface area (Å²) in [5.74, 6) is 0. The third-order valence-corrected chi connectivity index (χ3v) is 4.59. The molecule has 0 saturated carbocycles. The second kappa shape index (κ2) is 5.44. The van der Waals surface area contributed by atoms with E-state index in [1.807, 2.05) is 0 Å². The van der Waals surface area contributed by atoms with Crippen LogP contribution >= 0.6 is 11.6 Å². The Labute approximate surface area is 112 Å². The molecule has 0 aromatic heterocycles. The number of hydrazine groups is 1. The summed E-state index contributed by atoms with van der Waals surface area (Å²) in [6.07, 6.45) is 3.15. The largest absolute Gasteiger partial charge is 0.398 e. The van der Waals surface area contributed by atoms with Gasteiger partial charge in [-0.1, -0.05) is 18.0 Å². The minimum absolute atomic E-state index is 0.132. The van der Waals surface area contributed by atoms with Crippen LogP contribution in [0, 0.1) is 0 Å². The second-order valence-electron chi connectivity index (χ2n) is 4.33. The minimum Gasteiger partial charge on any atom is -0.398 e. The molecule has 0 atom stereocenters. The quantitative estimate of drug-likeness (QED) is 0.829. The van der Waals surface area contributed by atoms with Crippen LogP contribution in [0.15, 0.2) is 23.1 Å². The summed E-state index contributed by atoms with van der Waals surface area (Å²) < 4.78 is 24.2. The number of piperidine rings is 1. The van der Waals surface area contributed by atoms with Crippen LogP contribution in [0.3, 0.4) is 0 Å². The van der Waals surface area contributed by atoms with Crippen LogP contribution in [-0.4, -0.2) is 26.5 Å². The molecule has 1 fully saturated rings. The first-order chi connectivity index (χ1) is 8.49. The lowest BCUT2D eigenvalue weighted by Gasteiger charge is -2.26. The molecule has 1 aliphatic heterocycles. The molecule has 5 nitrogen and oxygen atoms in total. The maximum Gasteiger partial charge on any atom is 0.253 e. The number of nitrogens with two attached hydrogens (primary N) is 1.